The Hall–Kier alpha value is -0.340. The summed E-state index contributed by atoms with van der Waals surface area (Å²) in [6, 6.07) is 0. The Morgan fingerprint density at radius 3 is 2.09 bits per heavy atom. The van der Waals surface area contributed by atoms with Gasteiger partial charge in [-0.1, -0.05) is 0 Å². The van der Waals surface area contributed by atoms with E-state index in [0.29, 0.717) is 0 Å². The minimum Gasteiger partial charge on any atom is -0.539 e. The van der Waals surface area contributed by atoms with E-state index >= 15 is 0 Å². The third-order valence-electron chi connectivity index (χ3n) is 0.654. The molecule has 11 heavy (non-hydrogen) atoms. The summed E-state index contributed by atoms with van der Waals surface area (Å²) in [5.74, 6) is 0. The van der Waals surface area contributed by atoms with E-state index in [1.54, 1.807) is 0 Å². The van der Waals surface area contributed by atoms with Gasteiger partial charge in [-0.15, -0.1) is 6.54 Å². The zero-order valence-corrected chi connectivity index (χ0v) is 5.98. The van der Waals surface area contributed by atoms with Gasteiger partial charge in [0.15, 0.2) is 10.0 Å². The number of sulfonamides is 1. The standard InChI is InChI=1S/C3H5F3NO3S/c4-3(5,6)11(9,10)7-1-2-8/h8H,1-2H2/q-1. The third kappa shape index (κ3) is 3.04. The van der Waals surface area contributed by atoms with Gasteiger partial charge in [-0.3, -0.25) is 0 Å². The molecule has 0 fully saturated rings. The molecule has 0 aliphatic heterocycles. The van der Waals surface area contributed by atoms with Crippen LogP contribution < -0.4 is 0 Å². The molecule has 0 aromatic rings. The van der Waals surface area contributed by atoms with Crippen molar-refractivity contribution >= 4 is 10.0 Å². The molecule has 68 valence electrons. The number of aliphatic hydroxyl groups is 1. The molecule has 1 N–H and O–H groups in total. The zero-order valence-electron chi connectivity index (χ0n) is 5.17. The fourth-order valence-electron chi connectivity index (χ4n) is 0.234. The molecule has 0 bridgehead atoms. The van der Waals surface area contributed by atoms with Crippen LogP contribution in [-0.4, -0.2) is 32.2 Å². The van der Waals surface area contributed by atoms with Crippen molar-refractivity contribution in [2.45, 2.75) is 5.51 Å². The smallest absolute Gasteiger partial charge is 0.480 e. The van der Waals surface area contributed by atoms with E-state index in [0.717, 1.165) is 0 Å². The van der Waals surface area contributed by atoms with Crippen LogP contribution in [0.1, 0.15) is 0 Å². The number of rotatable bonds is 3. The van der Waals surface area contributed by atoms with Crippen molar-refractivity contribution in [3.05, 3.63) is 4.72 Å². The third-order valence-corrected chi connectivity index (χ3v) is 1.76. The van der Waals surface area contributed by atoms with Gasteiger partial charge in [0.1, 0.15) is 0 Å². The van der Waals surface area contributed by atoms with Crippen LogP contribution in [0.3, 0.4) is 0 Å². The van der Waals surface area contributed by atoms with Crippen molar-refractivity contribution in [1.82, 2.24) is 0 Å². The second-order valence-electron chi connectivity index (χ2n) is 1.50. The minimum atomic E-state index is -5.39. The Morgan fingerprint density at radius 2 is 1.82 bits per heavy atom. The highest BCUT2D eigenvalue weighted by Gasteiger charge is 2.38. The first-order valence-electron chi connectivity index (χ1n) is 2.42. The molecule has 0 spiro atoms. The second kappa shape index (κ2) is 3.37. The molecule has 0 aliphatic rings. The van der Waals surface area contributed by atoms with Crippen molar-refractivity contribution < 1.29 is 26.7 Å². The lowest BCUT2D eigenvalue weighted by Gasteiger charge is -2.19. The Bertz CT molecular complexity index is 208. The summed E-state index contributed by atoms with van der Waals surface area (Å²) in [7, 11) is -5.39. The highest BCUT2D eigenvalue weighted by molar-refractivity contribution is 7.94. The lowest BCUT2D eigenvalue weighted by molar-refractivity contribution is -0.0427. The first-order valence-corrected chi connectivity index (χ1v) is 3.86. The lowest BCUT2D eigenvalue weighted by atomic mass is 10.8. The Morgan fingerprint density at radius 1 is 1.36 bits per heavy atom. The fourth-order valence-corrected chi connectivity index (χ4v) is 0.703. The monoisotopic (exact) mass is 192 g/mol. The molecule has 0 aliphatic carbocycles. The molecule has 8 heteroatoms. The van der Waals surface area contributed by atoms with Crippen molar-refractivity contribution in [1.29, 1.82) is 0 Å². The molecule has 0 rings (SSSR count). The number of halogens is 3. The number of hydrogen-bond acceptors (Lipinski definition) is 3. The van der Waals surface area contributed by atoms with Crippen molar-refractivity contribution in [3.8, 4) is 0 Å². The van der Waals surface area contributed by atoms with E-state index in [2.05, 4.69) is 4.72 Å². The highest BCUT2D eigenvalue weighted by Crippen LogP contribution is 2.27. The van der Waals surface area contributed by atoms with E-state index in [9.17, 15) is 21.6 Å². The van der Waals surface area contributed by atoms with Gasteiger partial charge in [0.05, 0.1) is 0 Å². The quantitative estimate of drug-likeness (QED) is 0.694. The summed E-state index contributed by atoms with van der Waals surface area (Å²) in [4.78, 5) is 0. The molecule has 0 saturated heterocycles. The topological polar surface area (TPSA) is 68.5 Å². The predicted octanol–water partition coefficient (Wildman–Crippen LogP) is 0.202. The summed E-state index contributed by atoms with van der Waals surface area (Å²) in [6.07, 6.45) is 0. The molecule has 4 nitrogen and oxygen atoms in total. The van der Waals surface area contributed by atoms with Crippen LogP contribution in [0.2, 0.25) is 0 Å². The van der Waals surface area contributed by atoms with Crippen LogP contribution in [0.4, 0.5) is 13.2 Å². The maximum atomic E-state index is 11.4. The number of hydrogen-bond donors (Lipinski definition) is 1. The summed E-state index contributed by atoms with van der Waals surface area (Å²) in [5, 5.41) is 7.97. The van der Waals surface area contributed by atoms with Crippen LogP contribution in [0.5, 0.6) is 0 Å². The summed E-state index contributed by atoms with van der Waals surface area (Å²) in [6.45, 7) is -1.49. The van der Waals surface area contributed by atoms with Crippen LogP contribution in [0.25, 0.3) is 4.72 Å². The SMILES string of the molecule is O=S(=O)([N-]CCO)C(F)(F)F. The largest absolute Gasteiger partial charge is 0.539 e. The summed E-state index contributed by atoms with van der Waals surface area (Å²) >= 11 is 0. The average molecular weight is 192 g/mol. The molecular formula is C3H5F3NO3S-. The first kappa shape index (κ1) is 10.7. The van der Waals surface area contributed by atoms with Crippen LogP contribution >= 0.6 is 0 Å². The van der Waals surface area contributed by atoms with Gasteiger partial charge in [0, 0.05) is 6.61 Å². The normalized spacial score (nSPS) is 13.5. The molecule has 0 heterocycles. The Labute approximate surface area is 61.1 Å². The van der Waals surface area contributed by atoms with Crippen molar-refractivity contribution in [2.24, 2.45) is 0 Å². The van der Waals surface area contributed by atoms with E-state index in [1.807, 2.05) is 0 Å². The molecule has 0 saturated carbocycles. The minimum absolute atomic E-state index is 0.727. The maximum Gasteiger partial charge on any atom is 0.480 e. The number of alkyl halides is 3. The van der Waals surface area contributed by atoms with Gasteiger partial charge in [-0.25, -0.2) is 8.42 Å². The average Bonchev–Trinajstić information content (AvgIpc) is 1.81. The first-order chi connectivity index (χ1) is 4.81. The van der Waals surface area contributed by atoms with Crippen LogP contribution in [0, 0.1) is 0 Å². The summed E-state index contributed by atoms with van der Waals surface area (Å²) in [5.41, 5.74) is -5.36. The van der Waals surface area contributed by atoms with E-state index in [4.69, 9.17) is 5.11 Å². The Balaban J connectivity index is 4.26. The second-order valence-corrected chi connectivity index (χ2v) is 3.17. The molecule has 0 unspecified atom stereocenters. The van der Waals surface area contributed by atoms with E-state index in [1.165, 1.54) is 0 Å². The number of aliphatic hydroxyl groups excluding tert-OH is 1. The zero-order chi connectivity index (χ0) is 9.12. The van der Waals surface area contributed by atoms with Crippen LogP contribution in [-0.2, 0) is 10.0 Å². The van der Waals surface area contributed by atoms with Crippen LogP contribution in [0.15, 0.2) is 0 Å². The van der Waals surface area contributed by atoms with Gasteiger partial charge < -0.3 is 9.83 Å². The van der Waals surface area contributed by atoms with E-state index in [-0.39, 0.29) is 0 Å². The van der Waals surface area contributed by atoms with E-state index < -0.39 is 28.7 Å². The molecule has 0 atom stereocenters. The molecule has 0 amide bonds. The van der Waals surface area contributed by atoms with Crippen molar-refractivity contribution in [3.63, 3.8) is 0 Å². The number of nitrogens with zero attached hydrogens (tertiary/aromatic N) is 1. The lowest BCUT2D eigenvalue weighted by Crippen LogP contribution is -2.22. The molecule has 0 aromatic carbocycles. The predicted molar refractivity (Wildman–Crippen MR) is 30.3 cm³/mol. The fraction of sp³-hybridized carbons (Fsp3) is 1.00. The molecule has 0 aromatic heterocycles. The molecular weight excluding hydrogens is 187 g/mol. The Kier molecular flexibility index (Phi) is 3.27. The molecule has 0 radical (unpaired) electrons. The van der Waals surface area contributed by atoms with Gasteiger partial charge in [0.2, 0.25) is 0 Å². The van der Waals surface area contributed by atoms with Gasteiger partial charge in [-0.2, -0.15) is 13.2 Å². The highest BCUT2D eigenvalue weighted by atomic mass is 32.2. The maximum absolute atomic E-state index is 11.4. The summed E-state index contributed by atoms with van der Waals surface area (Å²) < 4.78 is 56.4. The van der Waals surface area contributed by atoms with Gasteiger partial charge in [0.25, 0.3) is 0 Å². The van der Waals surface area contributed by atoms with Gasteiger partial charge >= 0.3 is 5.51 Å². The van der Waals surface area contributed by atoms with Gasteiger partial charge in [-0.05, 0) is 0 Å². The van der Waals surface area contributed by atoms with Crippen molar-refractivity contribution in [2.75, 3.05) is 13.2 Å².